The van der Waals surface area contributed by atoms with Crippen LogP contribution in [0.2, 0.25) is 5.02 Å². The number of morpholine rings is 1. The molecule has 4 nitrogen and oxygen atoms in total. The Bertz CT molecular complexity index is 457. The molecule has 0 aromatic carbocycles. The maximum Gasteiger partial charge on any atom is 0.129 e. The summed E-state index contributed by atoms with van der Waals surface area (Å²) in [6.45, 7) is 12.1. The number of aromatic nitrogens is 1. The van der Waals surface area contributed by atoms with Gasteiger partial charge >= 0.3 is 0 Å². The summed E-state index contributed by atoms with van der Waals surface area (Å²) in [5.41, 5.74) is 1.11. The molecule has 2 heterocycles. The van der Waals surface area contributed by atoms with Gasteiger partial charge in [0.15, 0.2) is 0 Å². The summed E-state index contributed by atoms with van der Waals surface area (Å²) in [5.74, 6) is 1.62. The van der Waals surface area contributed by atoms with E-state index in [-0.39, 0.29) is 12.2 Å². The molecule has 1 fully saturated rings. The molecule has 1 aromatic rings. The van der Waals surface area contributed by atoms with Gasteiger partial charge in [-0.15, -0.1) is 0 Å². The van der Waals surface area contributed by atoms with Crippen molar-refractivity contribution in [3.05, 3.63) is 22.8 Å². The van der Waals surface area contributed by atoms with Crippen molar-refractivity contribution in [2.45, 2.75) is 46.4 Å². The molecular formula is C16H26ClN3O. The fourth-order valence-corrected chi connectivity index (χ4v) is 2.81. The van der Waals surface area contributed by atoms with E-state index >= 15 is 0 Å². The molecule has 0 radical (unpaired) electrons. The molecule has 0 unspecified atom stereocenters. The summed E-state index contributed by atoms with van der Waals surface area (Å²) in [4.78, 5) is 6.76. The van der Waals surface area contributed by atoms with Gasteiger partial charge in [-0.1, -0.05) is 25.4 Å². The normalized spacial score (nSPS) is 22.9. The average Bonchev–Trinajstić information content (AvgIpc) is 2.39. The van der Waals surface area contributed by atoms with Gasteiger partial charge < -0.3 is 15.0 Å². The van der Waals surface area contributed by atoms with Gasteiger partial charge in [0.25, 0.3) is 0 Å². The summed E-state index contributed by atoms with van der Waals surface area (Å²) in [7, 11) is 0. The molecule has 0 bridgehead atoms. The van der Waals surface area contributed by atoms with Crippen LogP contribution in [0, 0.1) is 5.92 Å². The second-order valence-corrected chi connectivity index (χ2v) is 6.73. The minimum absolute atomic E-state index is 0.230. The second-order valence-electron chi connectivity index (χ2n) is 6.32. The molecule has 1 aromatic heterocycles. The quantitative estimate of drug-likeness (QED) is 0.906. The van der Waals surface area contributed by atoms with E-state index in [1.165, 1.54) is 0 Å². The predicted molar refractivity (Wildman–Crippen MR) is 88.0 cm³/mol. The van der Waals surface area contributed by atoms with Crippen molar-refractivity contribution in [3.8, 4) is 0 Å². The predicted octanol–water partition coefficient (Wildman–Crippen LogP) is 3.09. The zero-order valence-electron chi connectivity index (χ0n) is 13.4. The Balaban J connectivity index is 2.06. The van der Waals surface area contributed by atoms with Crippen molar-refractivity contribution >= 4 is 17.4 Å². The third-order valence-electron chi connectivity index (χ3n) is 3.53. The topological polar surface area (TPSA) is 37.4 Å². The standard InChI is InChI=1S/C16H26ClN3O/c1-11(2)6-18-7-14-5-16(19-8-15(14)17)20-9-12(3)21-13(4)10-20/h5,8,11-13,18H,6-7,9-10H2,1-4H3/t12-,13+. The maximum atomic E-state index is 6.26. The minimum Gasteiger partial charge on any atom is -0.372 e. The zero-order valence-corrected chi connectivity index (χ0v) is 14.2. The molecule has 0 spiro atoms. The highest BCUT2D eigenvalue weighted by atomic mass is 35.5. The van der Waals surface area contributed by atoms with E-state index in [0.29, 0.717) is 5.92 Å². The van der Waals surface area contributed by atoms with E-state index in [1.807, 2.05) is 0 Å². The Labute approximate surface area is 132 Å². The van der Waals surface area contributed by atoms with Crippen molar-refractivity contribution in [3.63, 3.8) is 0 Å². The molecule has 1 saturated heterocycles. The van der Waals surface area contributed by atoms with Gasteiger partial charge in [0.1, 0.15) is 5.82 Å². The number of pyridine rings is 1. The van der Waals surface area contributed by atoms with E-state index < -0.39 is 0 Å². The summed E-state index contributed by atoms with van der Waals surface area (Å²) < 4.78 is 5.78. The first-order valence-corrected chi connectivity index (χ1v) is 8.09. The highest BCUT2D eigenvalue weighted by Crippen LogP contribution is 2.23. The SMILES string of the molecule is CC(C)CNCc1cc(N2C[C@@H](C)O[C@@H](C)C2)ncc1Cl. The average molecular weight is 312 g/mol. The fraction of sp³-hybridized carbons (Fsp3) is 0.688. The molecule has 0 amide bonds. The lowest BCUT2D eigenvalue weighted by Crippen LogP contribution is -2.45. The van der Waals surface area contributed by atoms with Gasteiger partial charge in [-0.05, 0) is 37.9 Å². The van der Waals surface area contributed by atoms with Crippen LogP contribution in [0.1, 0.15) is 33.3 Å². The fourth-order valence-electron chi connectivity index (χ4n) is 2.64. The Morgan fingerprint density at radius 1 is 1.38 bits per heavy atom. The Hall–Kier alpha value is -0.840. The van der Waals surface area contributed by atoms with Gasteiger partial charge in [-0.25, -0.2) is 4.98 Å². The molecule has 1 aliphatic rings. The van der Waals surface area contributed by atoms with Gasteiger partial charge in [0.2, 0.25) is 0 Å². The van der Waals surface area contributed by atoms with E-state index in [1.54, 1.807) is 6.20 Å². The summed E-state index contributed by atoms with van der Waals surface area (Å²) in [6, 6.07) is 2.10. The molecule has 2 rings (SSSR count). The molecule has 0 saturated carbocycles. The highest BCUT2D eigenvalue weighted by Gasteiger charge is 2.23. The van der Waals surface area contributed by atoms with Crippen LogP contribution < -0.4 is 10.2 Å². The zero-order chi connectivity index (χ0) is 15.4. The molecule has 5 heteroatoms. The third-order valence-corrected chi connectivity index (χ3v) is 3.87. The van der Waals surface area contributed by atoms with Crippen LogP contribution in [-0.2, 0) is 11.3 Å². The summed E-state index contributed by atoms with van der Waals surface area (Å²) >= 11 is 6.26. The lowest BCUT2D eigenvalue weighted by Gasteiger charge is -2.36. The number of nitrogens with one attached hydrogen (secondary N) is 1. The summed E-state index contributed by atoms with van der Waals surface area (Å²) in [6.07, 6.45) is 2.22. The molecular weight excluding hydrogens is 286 g/mol. The first kappa shape index (κ1) is 16.5. The lowest BCUT2D eigenvalue weighted by atomic mass is 10.2. The number of hydrogen-bond acceptors (Lipinski definition) is 4. The molecule has 21 heavy (non-hydrogen) atoms. The maximum absolute atomic E-state index is 6.26. The first-order valence-electron chi connectivity index (χ1n) is 7.71. The number of rotatable bonds is 5. The van der Waals surface area contributed by atoms with Crippen molar-refractivity contribution < 1.29 is 4.74 Å². The van der Waals surface area contributed by atoms with Crippen LogP contribution in [-0.4, -0.2) is 36.8 Å². The van der Waals surface area contributed by atoms with Gasteiger partial charge in [-0.3, -0.25) is 0 Å². The number of ether oxygens (including phenoxy) is 1. The van der Waals surface area contributed by atoms with Crippen molar-refractivity contribution in [1.82, 2.24) is 10.3 Å². The molecule has 118 valence electrons. The van der Waals surface area contributed by atoms with Crippen LogP contribution in [0.25, 0.3) is 0 Å². The van der Waals surface area contributed by atoms with E-state index in [0.717, 1.165) is 42.6 Å². The number of halogens is 1. The van der Waals surface area contributed by atoms with Crippen LogP contribution in [0.15, 0.2) is 12.3 Å². The smallest absolute Gasteiger partial charge is 0.129 e. The second kappa shape index (κ2) is 7.43. The van der Waals surface area contributed by atoms with Crippen molar-refractivity contribution in [2.75, 3.05) is 24.5 Å². The minimum atomic E-state index is 0.230. The van der Waals surface area contributed by atoms with Crippen LogP contribution >= 0.6 is 11.6 Å². The van der Waals surface area contributed by atoms with Gasteiger partial charge in [0, 0.05) is 25.8 Å². The van der Waals surface area contributed by atoms with Gasteiger partial charge in [-0.2, -0.15) is 0 Å². The molecule has 1 aliphatic heterocycles. The third kappa shape index (κ3) is 4.83. The lowest BCUT2D eigenvalue weighted by molar-refractivity contribution is -0.00546. The van der Waals surface area contributed by atoms with Crippen LogP contribution in [0.3, 0.4) is 0 Å². The van der Waals surface area contributed by atoms with Crippen molar-refractivity contribution in [2.24, 2.45) is 5.92 Å². The van der Waals surface area contributed by atoms with E-state index in [2.05, 4.69) is 49.0 Å². The Kier molecular flexibility index (Phi) is 5.85. The van der Waals surface area contributed by atoms with Crippen LogP contribution in [0.4, 0.5) is 5.82 Å². The number of nitrogens with zero attached hydrogens (tertiary/aromatic N) is 2. The van der Waals surface area contributed by atoms with E-state index in [9.17, 15) is 0 Å². The van der Waals surface area contributed by atoms with Gasteiger partial charge in [0.05, 0.1) is 17.2 Å². The first-order chi connectivity index (χ1) is 9.95. The monoisotopic (exact) mass is 311 g/mol. The molecule has 0 aliphatic carbocycles. The molecule has 1 N–H and O–H groups in total. The number of hydrogen-bond donors (Lipinski definition) is 1. The Morgan fingerprint density at radius 3 is 2.67 bits per heavy atom. The van der Waals surface area contributed by atoms with Crippen molar-refractivity contribution in [1.29, 1.82) is 0 Å². The summed E-state index contributed by atoms with van der Waals surface area (Å²) in [5, 5.41) is 4.16. The molecule has 2 atom stereocenters. The number of anilines is 1. The largest absolute Gasteiger partial charge is 0.372 e. The Morgan fingerprint density at radius 2 is 2.05 bits per heavy atom. The van der Waals surface area contributed by atoms with Crippen LogP contribution in [0.5, 0.6) is 0 Å². The highest BCUT2D eigenvalue weighted by molar-refractivity contribution is 6.31. The van der Waals surface area contributed by atoms with E-state index in [4.69, 9.17) is 16.3 Å².